The van der Waals surface area contributed by atoms with E-state index in [0.29, 0.717) is 30.1 Å². The van der Waals surface area contributed by atoms with Gasteiger partial charge in [-0.2, -0.15) is 0 Å². The zero-order chi connectivity index (χ0) is 16.8. The van der Waals surface area contributed by atoms with E-state index in [4.69, 9.17) is 9.47 Å². The van der Waals surface area contributed by atoms with Crippen LogP contribution in [0.2, 0.25) is 0 Å². The average molecular weight is 321 g/mol. The summed E-state index contributed by atoms with van der Waals surface area (Å²) in [7, 11) is 3.20. The Morgan fingerprint density at radius 2 is 1.83 bits per heavy atom. The summed E-state index contributed by atoms with van der Waals surface area (Å²) >= 11 is 0. The average Bonchev–Trinajstić information content (AvgIpc) is 2.56. The van der Waals surface area contributed by atoms with E-state index in [9.17, 15) is 4.79 Å². The van der Waals surface area contributed by atoms with Crippen LogP contribution < -0.4 is 20.2 Å². The van der Waals surface area contributed by atoms with Crippen LogP contribution in [0.15, 0.2) is 18.2 Å². The number of hydrogen-bond acceptors (Lipinski definition) is 4. The molecule has 1 aromatic rings. The summed E-state index contributed by atoms with van der Waals surface area (Å²) < 4.78 is 10.5. The van der Waals surface area contributed by atoms with Crippen LogP contribution in [-0.4, -0.2) is 37.3 Å². The molecular formula is C17H27N3O3. The molecule has 0 aliphatic carbocycles. The fourth-order valence-corrected chi connectivity index (χ4v) is 2.97. The molecule has 128 valence electrons. The summed E-state index contributed by atoms with van der Waals surface area (Å²) in [5.74, 6) is 1.34. The Kier molecular flexibility index (Phi) is 6.10. The number of piperidine rings is 1. The lowest BCUT2D eigenvalue weighted by Crippen LogP contribution is -2.56. The molecule has 6 heteroatoms. The summed E-state index contributed by atoms with van der Waals surface area (Å²) in [6.45, 7) is 4.72. The first-order valence-electron chi connectivity index (χ1n) is 8.09. The topological polar surface area (TPSA) is 62.8 Å². The molecule has 1 fully saturated rings. The number of ether oxygens (including phenoxy) is 2. The number of benzene rings is 1. The van der Waals surface area contributed by atoms with Crippen LogP contribution in [0.3, 0.4) is 0 Å². The molecule has 1 aromatic carbocycles. The van der Waals surface area contributed by atoms with Crippen LogP contribution in [0.1, 0.15) is 38.7 Å². The van der Waals surface area contributed by atoms with Gasteiger partial charge in [0.1, 0.15) is 0 Å². The second kappa shape index (κ2) is 8.06. The van der Waals surface area contributed by atoms with Crippen LogP contribution in [0.5, 0.6) is 11.5 Å². The lowest BCUT2D eigenvalue weighted by molar-refractivity contribution is 0.0594. The molecule has 2 amide bonds. The van der Waals surface area contributed by atoms with Crippen LogP contribution in [0.4, 0.5) is 4.79 Å². The van der Waals surface area contributed by atoms with Crippen molar-refractivity contribution >= 4 is 6.03 Å². The van der Waals surface area contributed by atoms with Crippen molar-refractivity contribution in [2.24, 2.45) is 0 Å². The van der Waals surface area contributed by atoms with E-state index in [1.807, 2.05) is 23.2 Å². The molecule has 1 saturated heterocycles. The van der Waals surface area contributed by atoms with Gasteiger partial charge in [-0.3, -0.25) is 5.43 Å². The molecule has 0 bridgehead atoms. The Hall–Kier alpha value is -1.95. The van der Waals surface area contributed by atoms with Gasteiger partial charge in [0.25, 0.3) is 0 Å². The molecule has 6 nitrogen and oxygen atoms in total. The van der Waals surface area contributed by atoms with Crippen molar-refractivity contribution in [2.75, 3.05) is 14.2 Å². The van der Waals surface area contributed by atoms with Gasteiger partial charge < -0.3 is 14.8 Å². The predicted octanol–water partition coefficient (Wildman–Crippen LogP) is 2.68. The predicted molar refractivity (Wildman–Crippen MR) is 89.5 cm³/mol. The third-order valence-electron chi connectivity index (χ3n) is 4.33. The van der Waals surface area contributed by atoms with E-state index in [0.717, 1.165) is 18.4 Å². The first-order chi connectivity index (χ1) is 11.0. The molecule has 1 heterocycles. The number of carbonyl (C=O) groups is 1. The van der Waals surface area contributed by atoms with E-state index < -0.39 is 0 Å². The fourth-order valence-electron chi connectivity index (χ4n) is 2.97. The fraction of sp³-hybridized carbons (Fsp3) is 0.588. The molecule has 2 N–H and O–H groups in total. The molecule has 0 radical (unpaired) electrons. The summed E-state index contributed by atoms with van der Waals surface area (Å²) in [5, 5.41) is 4.94. The number of nitrogens with zero attached hydrogens (tertiary/aromatic N) is 1. The number of nitrogens with one attached hydrogen (secondary N) is 2. The number of hydrogen-bond donors (Lipinski definition) is 2. The van der Waals surface area contributed by atoms with Crippen molar-refractivity contribution in [1.82, 2.24) is 15.8 Å². The SMILES string of the molecule is COc1ccc(CNC(=O)NN2[C@@H](C)CCC[C@@H]2C)cc1OC. The maximum Gasteiger partial charge on any atom is 0.329 e. The Morgan fingerprint density at radius 3 is 2.43 bits per heavy atom. The van der Waals surface area contributed by atoms with Crippen LogP contribution in [-0.2, 0) is 6.54 Å². The van der Waals surface area contributed by atoms with E-state index in [-0.39, 0.29) is 6.03 Å². The lowest BCUT2D eigenvalue weighted by atomic mass is 10.00. The van der Waals surface area contributed by atoms with Crippen LogP contribution in [0.25, 0.3) is 0 Å². The smallest absolute Gasteiger partial charge is 0.329 e. The first-order valence-corrected chi connectivity index (χ1v) is 8.09. The minimum Gasteiger partial charge on any atom is -0.493 e. The molecule has 23 heavy (non-hydrogen) atoms. The summed E-state index contributed by atoms with van der Waals surface area (Å²) in [6.07, 6.45) is 3.44. The van der Waals surface area contributed by atoms with E-state index in [1.54, 1.807) is 14.2 Å². The van der Waals surface area contributed by atoms with Gasteiger partial charge in [-0.1, -0.05) is 12.5 Å². The van der Waals surface area contributed by atoms with Gasteiger partial charge >= 0.3 is 6.03 Å². The number of hydrazine groups is 1. The minimum absolute atomic E-state index is 0.180. The third-order valence-corrected chi connectivity index (χ3v) is 4.33. The molecule has 0 spiro atoms. The third kappa shape index (κ3) is 4.51. The van der Waals surface area contributed by atoms with Crippen LogP contribution >= 0.6 is 0 Å². The number of methoxy groups -OCH3 is 2. The van der Waals surface area contributed by atoms with Crippen molar-refractivity contribution in [3.8, 4) is 11.5 Å². The molecule has 0 aromatic heterocycles. The van der Waals surface area contributed by atoms with Crippen molar-refractivity contribution in [3.05, 3.63) is 23.8 Å². The molecule has 1 aliphatic heterocycles. The number of amides is 2. The van der Waals surface area contributed by atoms with Gasteiger partial charge in [-0.25, -0.2) is 9.80 Å². The Bertz CT molecular complexity index is 526. The monoisotopic (exact) mass is 321 g/mol. The first kappa shape index (κ1) is 17.4. The summed E-state index contributed by atoms with van der Waals surface area (Å²) in [5.41, 5.74) is 3.92. The maximum absolute atomic E-state index is 12.1. The molecule has 2 atom stereocenters. The van der Waals surface area contributed by atoms with E-state index in [1.165, 1.54) is 6.42 Å². The minimum atomic E-state index is -0.180. The standard InChI is InChI=1S/C17H27N3O3/c1-12-6-5-7-13(2)20(12)19-17(21)18-11-14-8-9-15(22-3)16(10-14)23-4/h8-10,12-13H,5-7,11H2,1-4H3,(H2,18,19,21)/t12-,13-/m0/s1. The van der Waals surface area contributed by atoms with Gasteiger partial charge in [0.15, 0.2) is 11.5 Å². The number of carbonyl (C=O) groups excluding carboxylic acids is 1. The Balaban J connectivity index is 1.89. The maximum atomic E-state index is 12.1. The van der Waals surface area contributed by atoms with Crippen LogP contribution in [0, 0.1) is 0 Å². The van der Waals surface area contributed by atoms with Crippen molar-refractivity contribution in [3.63, 3.8) is 0 Å². The second-order valence-electron chi connectivity index (χ2n) is 6.02. The lowest BCUT2D eigenvalue weighted by Gasteiger charge is -2.38. The van der Waals surface area contributed by atoms with Gasteiger partial charge in [-0.15, -0.1) is 0 Å². The highest BCUT2D eigenvalue weighted by Gasteiger charge is 2.25. The quantitative estimate of drug-likeness (QED) is 0.875. The van der Waals surface area contributed by atoms with Gasteiger partial charge in [0.05, 0.1) is 14.2 Å². The Labute approximate surface area is 138 Å². The normalized spacial score (nSPS) is 21.6. The molecule has 0 saturated carbocycles. The van der Waals surface area contributed by atoms with Crippen molar-refractivity contribution < 1.29 is 14.3 Å². The molecule has 1 aliphatic rings. The number of rotatable bonds is 5. The van der Waals surface area contributed by atoms with E-state index in [2.05, 4.69) is 24.6 Å². The highest BCUT2D eigenvalue weighted by Crippen LogP contribution is 2.27. The highest BCUT2D eigenvalue weighted by atomic mass is 16.5. The van der Waals surface area contributed by atoms with Gasteiger partial charge in [0.2, 0.25) is 0 Å². The highest BCUT2D eigenvalue weighted by molar-refractivity contribution is 5.73. The molecule has 2 rings (SSSR count). The van der Waals surface area contributed by atoms with Gasteiger partial charge in [-0.05, 0) is 44.4 Å². The van der Waals surface area contributed by atoms with E-state index >= 15 is 0 Å². The summed E-state index contributed by atoms with van der Waals surface area (Å²) in [4.78, 5) is 12.1. The zero-order valence-electron chi connectivity index (χ0n) is 14.4. The zero-order valence-corrected chi connectivity index (χ0v) is 14.4. The molecular weight excluding hydrogens is 294 g/mol. The largest absolute Gasteiger partial charge is 0.493 e. The second-order valence-corrected chi connectivity index (χ2v) is 6.02. The van der Waals surface area contributed by atoms with Gasteiger partial charge in [0, 0.05) is 18.6 Å². The van der Waals surface area contributed by atoms with Crippen molar-refractivity contribution in [2.45, 2.75) is 51.7 Å². The Morgan fingerprint density at radius 1 is 1.17 bits per heavy atom. The van der Waals surface area contributed by atoms with Crippen molar-refractivity contribution in [1.29, 1.82) is 0 Å². The molecule has 0 unspecified atom stereocenters. The summed E-state index contributed by atoms with van der Waals surface area (Å²) in [6, 6.07) is 6.17. The number of urea groups is 1.